The van der Waals surface area contributed by atoms with Crippen LogP contribution in [0.4, 0.5) is 4.39 Å². The zero-order valence-corrected chi connectivity index (χ0v) is 12.4. The number of fused-ring (bicyclic) bond motifs is 1. The average Bonchev–Trinajstić information content (AvgIpc) is 2.88. The van der Waals surface area contributed by atoms with Gasteiger partial charge in [-0.3, -0.25) is 0 Å². The van der Waals surface area contributed by atoms with Gasteiger partial charge in [0.2, 0.25) is 0 Å². The van der Waals surface area contributed by atoms with Crippen LogP contribution >= 0.6 is 23.4 Å². The van der Waals surface area contributed by atoms with Crippen molar-refractivity contribution in [3.8, 4) is 0 Å². The summed E-state index contributed by atoms with van der Waals surface area (Å²) in [4.78, 5) is 1.29. The summed E-state index contributed by atoms with van der Waals surface area (Å²) >= 11 is 7.60. The van der Waals surface area contributed by atoms with Gasteiger partial charge in [-0.05, 0) is 36.1 Å². The first-order chi connectivity index (χ1) is 9.65. The molecule has 0 saturated carbocycles. The van der Waals surface area contributed by atoms with Gasteiger partial charge in [0.05, 0.1) is 5.02 Å². The van der Waals surface area contributed by atoms with Gasteiger partial charge in [-0.2, -0.15) is 0 Å². The lowest BCUT2D eigenvalue weighted by molar-refractivity contribution is 0.576. The van der Waals surface area contributed by atoms with E-state index < -0.39 is 0 Å². The third-order valence-electron chi connectivity index (χ3n) is 3.64. The Hall–Kier alpha value is -1.03. The molecule has 0 fully saturated rings. The second-order valence-corrected chi connectivity index (χ2v) is 6.74. The summed E-state index contributed by atoms with van der Waals surface area (Å²) in [7, 11) is 0. The van der Waals surface area contributed by atoms with Gasteiger partial charge in [0.15, 0.2) is 0 Å². The molecule has 4 heteroatoms. The number of benzene rings is 2. The van der Waals surface area contributed by atoms with Gasteiger partial charge in [0.1, 0.15) is 5.82 Å². The molecule has 104 valence electrons. The van der Waals surface area contributed by atoms with Crippen molar-refractivity contribution >= 4 is 23.4 Å². The minimum absolute atomic E-state index is 0.0830. The highest BCUT2D eigenvalue weighted by Gasteiger charge is 2.27. The van der Waals surface area contributed by atoms with Crippen LogP contribution in [0.1, 0.15) is 11.1 Å². The summed E-state index contributed by atoms with van der Waals surface area (Å²) in [5, 5.41) is 0.461. The summed E-state index contributed by atoms with van der Waals surface area (Å²) < 4.78 is 13.9. The van der Waals surface area contributed by atoms with Crippen LogP contribution in [0, 0.1) is 5.82 Å². The fourth-order valence-corrected chi connectivity index (χ4v) is 4.05. The molecule has 3 rings (SSSR count). The van der Waals surface area contributed by atoms with Crippen LogP contribution in [-0.4, -0.2) is 11.3 Å². The van der Waals surface area contributed by atoms with E-state index in [1.54, 1.807) is 30.0 Å². The van der Waals surface area contributed by atoms with Gasteiger partial charge in [-0.15, -0.1) is 11.8 Å². The van der Waals surface area contributed by atoms with E-state index in [1.807, 2.05) is 12.1 Å². The number of halogens is 2. The number of hydrogen-bond donors (Lipinski definition) is 1. The standard InChI is InChI=1S/C16H15ClFNS/c17-12-6-3-5-11(16(12)18)8-13(19)15-9-10-4-1-2-7-14(10)20-15/h1-7,13,15H,8-9,19H2. The van der Waals surface area contributed by atoms with Gasteiger partial charge in [-0.25, -0.2) is 4.39 Å². The summed E-state index contributed by atoms with van der Waals surface area (Å²) in [6.07, 6.45) is 1.46. The van der Waals surface area contributed by atoms with Gasteiger partial charge in [0, 0.05) is 16.2 Å². The van der Waals surface area contributed by atoms with Crippen LogP contribution in [0.25, 0.3) is 0 Å². The lowest BCUT2D eigenvalue weighted by atomic mass is 9.99. The van der Waals surface area contributed by atoms with Crippen molar-refractivity contribution in [3.05, 3.63) is 64.4 Å². The van der Waals surface area contributed by atoms with Crippen molar-refractivity contribution in [1.29, 1.82) is 0 Å². The number of thioether (sulfide) groups is 1. The maximum Gasteiger partial charge on any atom is 0.145 e. The molecule has 0 aliphatic carbocycles. The monoisotopic (exact) mass is 307 g/mol. The highest BCUT2D eigenvalue weighted by molar-refractivity contribution is 8.00. The first-order valence-corrected chi connectivity index (χ1v) is 7.84. The van der Waals surface area contributed by atoms with Gasteiger partial charge in [-0.1, -0.05) is 41.9 Å². The van der Waals surface area contributed by atoms with Crippen molar-refractivity contribution in [2.45, 2.75) is 29.0 Å². The molecule has 2 aromatic carbocycles. The average molecular weight is 308 g/mol. The van der Waals surface area contributed by atoms with E-state index >= 15 is 0 Å². The number of nitrogens with two attached hydrogens (primary N) is 1. The van der Waals surface area contributed by atoms with Crippen molar-refractivity contribution in [1.82, 2.24) is 0 Å². The van der Waals surface area contributed by atoms with Crippen LogP contribution in [0.15, 0.2) is 47.4 Å². The summed E-state index contributed by atoms with van der Waals surface area (Å²) in [6.45, 7) is 0. The van der Waals surface area contributed by atoms with Crippen molar-refractivity contribution < 1.29 is 4.39 Å². The molecule has 0 aromatic heterocycles. The Bertz CT molecular complexity index is 607. The summed E-state index contributed by atoms with van der Waals surface area (Å²) in [6, 6.07) is 13.3. The fraction of sp³-hybridized carbons (Fsp3) is 0.250. The van der Waals surface area contributed by atoms with Crippen molar-refractivity contribution in [2.24, 2.45) is 5.73 Å². The zero-order chi connectivity index (χ0) is 14.1. The molecule has 20 heavy (non-hydrogen) atoms. The van der Waals surface area contributed by atoms with E-state index in [9.17, 15) is 4.39 Å². The highest BCUT2D eigenvalue weighted by Crippen LogP contribution is 2.38. The lowest BCUT2D eigenvalue weighted by Crippen LogP contribution is -2.34. The normalized spacial score (nSPS) is 18.9. The fourth-order valence-electron chi connectivity index (χ4n) is 2.54. The molecule has 2 N–H and O–H groups in total. The van der Waals surface area contributed by atoms with E-state index in [1.165, 1.54) is 10.5 Å². The molecule has 0 spiro atoms. The SMILES string of the molecule is NC(Cc1cccc(Cl)c1F)C1Cc2ccccc2S1. The third kappa shape index (κ3) is 2.71. The first kappa shape index (κ1) is 13.9. The Balaban J connectivity index is 1.72. The van der Waals surface area contributed by atoms with Crippen LogP contribution < -0.4 is 5.73 Å². The third-order valence-corrected chi connectivity index (χ3v) is 5.40. The summed E-state index contributed by atoms with van der Waals surface area (Å²) in [5.41, 5.74) is 8.21. The lowest BCUT2D eigenvalue weighted by Gasteiger charge is -2.18. The maximum absolute atomic E-state index is 13.9. The second-order valence-electron chi connectivity index (χ2n) is 5.05. The number of hydrogen-bond acceptors (Lipinski definition) is 2. The van der Waals surface area contributed by atoms with E-state index in [0.29, 0.717) is 17.2 Å². The molecule has 2 unspecified atom stereocenters. The summed E-state index contributed by atoms with van der Waals surface area (Å²) in [5.74, 6) is -0.342. The molecule has 0 bridgehead atoms. The van der Waals surface area contributed by atoms with E-state index in [4.69, 9.17) is 17.3 Å². The van der Waals surface area contributed by atoms with E-state index in [0.717, 1.165) is 6.42 Å². The molecule has 1 nitrogen and oxygen atoms in total. The minimum Gasteiger partial charge on any atom is -0.326 e. The first-order valence-electron chi connectivity index (χ1n) is 6.58. The van der Waals surface area contributed by atoms with Crippen LogP contribution in [0.2, 0.25) is 5.02 Å². The van der Waals surface area contributed by atoms with Gasteiger partial charge < -0.3 is 5.73 Å². The van der Waals surface area contributed by atoms with Crippen LogP contribution in [0.5, 0.6) is 0 Å². The molecule has 2 atom stereocenters. The number of rotatable bonds is 3. The topological polar surface area (TPSA) is 26.0 Å². The quantitative estimate of drug-likeness (QED) is 0.925. The van der Waals surface area contributed by atoms with Gasteiger partial charge >= 0.3 is 0 Å². The van der Waals surface area contributed by atoms with E-state index in [2.05, 4.69) is 12.1 Å². The zero-order valence-electron chi connectivity index (χ0n) is 10.9. The molecule has 2 aromatic rings. The Labute approximate surface area is 127 Å². The predicted octanol–water partition coefficient (Wildman–Crippen LogP) is 4.07. The second kappa shape index (κ2) is 5.76. The minimum atomic E-state index is -0.342. The Kier molecular flexibility index (Phi) is 4.01. The van der Waals surface area contributed by atoms with Crippen molar-refractivity contribution in [2.75, 3.05) is 0 Å². The van der Waals surface area contributed by atoms with Crippen molar-refractivity contribution in [3.63, 3.8) is 0 Å². The molecule has 1 aliphatic rings. The molecular formula is C16H15ClFNS. The van der Waals surface area contributed by atoms with Crippen LogP contribution in [-0.2, 0) is 12.8 Å². The Morgan fingerprint density at radius 2 is 2.05 bits per heavy atom. The van der Waals surface area contributed by atoms with Crippen LogP contribution in [0.3, 0.4) is 0 Å². The molecule has 0 saturated heterocycles. The molecule has 0 radical (unpaired) electrons. The Morgan fingerprint density at radius 1 is 1.25 bits per heavy atom. The van der Waals surface area contributed by atoms with Gasteiger partial charge in [0.25, 0.3) is 0 Å². The highest BCUT2D eigenvalue weighted by atomic mass is 35.5. The molecular weight excluding hydrogens is 293 g/mol. The predicted molar refractivity (Wildman–Crippen MR) is 82.9 cm³/mol. The molecule has 0 amide bonds. The van der Waals surface area contributed by atoms with E-state index in [-0.39, 0.29) is 16.9 Å². The maximum atomic E-state index is 13.9. The Morgan fingerprint density at radius 3 is 2.85 bits per heavy atom. The molecule has 1 heterocycles. The smallest absolute Gasteiger partial charge is 0.145 e. The largest absolute Gasteiger partial charge is 0.326 e. The molecule has 1 aliphatic heterocycles.